The molecule has 2 fully saturated rings. The second-order valence-corrected chi connectivity index (χ2v) is 5.99. The molecule has 17 heavy (non-hydrogen) atoms. The molecule has 98 valence electrons. The van der Waals surface area contributed by atoms with Gasteiger partial charge in [0.25, 0.3) is 0 Å². The van der Waals surface area contributed by atoms with Crippen molar-refractivity contribution in [1.82, 2.24) is 5.32 Å². The van der Waals surface area contributed by atoms with Gasteiger partial charge in [0, 0.05) is 6.04 Å². The molecule has 1 amide bonds. The van der Waals surface area contributed by atoms with Crippen LogP contribution in [0.4, 0.5) is 0 Å². The average molecular weight is 238 g/mol. The van der Waals surface area contributed by atoms with Crippen LogP contribution < -0.4 is 11.1 Å². The lowest BCUT2D eigenvalue weighted by atomic mass is 9.83. The Morgan fingerprint density at radius 3 is 2.47 bits per heavy atom. The maximum Gasteiger partial charge on any atom is 0.240 e. The number of hydrogen-bond donors (Lipinski definition) is 2. The monoisotopic (exact) mass is 238 g/mol. The first-order valence-electron chi connectivity index (χ1n) is 7.24. The van der Waals surface area contributed by atoms with Gasteiger partial charge >= 0.3 is 0 Å². The summed E-state index contributed by atoms with van der Waals surface area (Å²) < 4.78 is 0. The number of unbranched alkanes of at least 4 members (excludes halogenated alkanes) is 1. The van der Waals surface area contributed by atoms with Crippen LogP contribution in [0, 0.1) is 5.92 Å². The normalized spacial score (nSPS) is 30.9. The van der Waals surface area contributed by atoms with Gasteiger partial charge in [0.2, 0.25) is 5.91 Å². The molecule has 0 bridgehead atoms. The minimum absolute atomic E-state index is 0.0921. The van der Waals surface area contributed by atoms with Gasteiger partial charge in [-0.15, -0.1) is 0 Å². The van der Waals surface area contributed by atoms with E-state index in [4.69, 9.17) is 5.73 Å². The Balaban J connectivity index is 1.67. The van der Waals surface area contributed by atoms with Gasteiger partial charge in [-0.25, -0.2) is 0 Å². The standard InChI is InChI=1S/C14H26N2O/c1-2-3-4-11-5-7-12(8-6-11)16-13(17)14(15)9-10-14/h11-12H,2-10,15H2,1H3,(H,16,17). The first-order valence-corrected chi connectivity index (χ1v) is 7.24. The summed E-state index contributed by atoms with van der Waals surface area (Å²) in [6.07, 6.45) is 10.6. The molecular formula is C14H26N2O. The summed E-state index contributed by atoms with van der Waals surface area (Å²) in [5.74, 6) is 0.991. The summed E-state index contributed by atoms with van der Waals surface area (Å²) in [6, 6.07) is 0.390. The summed E-state index contributed by atoms with van der Waals surface area (Å²) in [4.78, 5) is 11.8. The van der Waals surface area contributed by atoms with Crippen LogP contribution in [0.2, 0.25) is 0 Å². The fraction of sp³-hybridized carbons (Fsp3) is 0.929. The lowest BCUT2D eigenvalue weighted by molar-refractivity contribution is -0.124. The Hall–Kier alpha value is -0.570. The van der Waals surface area contributed by atoms with E-state index in [1.54, 1.807) is 0 Å². The zero-order chi connectivity index (χ0) is 12.3. The molecule has 0 aliphatic heterocycles. The highest BCUT2D eigenvalue weighted by Crippen LogP contribution is 2.33. The molecule has 0 radical (unpaired) electrons. The molecule has 0 aromatic heterocycles. The number of carbonyl (C=O) groups is 1. The van der Waals surface area contributed by atoms with Crippen molar-refractivity contribution in [2.75, 3.05) is 0 Å². The topological polar surface area (TPSA) is 55.1 Å². The number of nitrogens with two attached hydrogens (primary N) is 1. The van der Waals surface area contributed by atoms with E-state index in [0.717, 1.165) is 31.6 Å². The van der Waals surface area contributed by atoms with Gasteiger partial charge in [0.15, 0.2) is 0 Å². The van der Waals surface area contributed by atoms with Gasteiger partial charge in [-0.3, -0.25) is 4.79 Å². The zero-order valence-electron chi connectivity index (χ0n) is 11.0. The lowest BCUT2D eigenvalue weighted by Gasteiger charge is -2.29. The van der Waals surface area contributed by atoms with Crippen LogP contribution in [0.3, 0.4) is 0 Å². The second-order valence-electron chi connectivity index (χ2n) is 5.99. The number of rotatable bonds is 5. The average Bonchev–Trinajstić information content (AvgIpc) is 3.08. The van der Waals surface area contributed by atoms with Gasteiger partial charge in [-0.2, -0.15) is 0 Å². The largest absolute Gasteiger partial charge is 0.352 e. The van der Waals surface area contributed by atoms with Crippen LogP contribution in [0.25, 0.3) is 0 Å². The Morgan fingerprint density at radius 2 is 1.94 bits per heavy atom. The van der Waals surface area contributed by atoms with Gasteiger partial charge in [0.05, 0.1) is 5.54 Å². The number of carbonyl (C=O) groups excluding carboxylic acids is 1. The van der Waals surface area contributed by atoms with Crippen molar-refractivity contribution in [1.29, 1.82) is 0 Å². The SMILES string of the molecule is CCCCC1CCC(NC(=O)C2(N)CC2)CC1. The molecule has 3 heteroatoms. The van der Waals surface area contributed by atoms with Crippen molar-refractivity contribution in [3.8, 4) is 0 Å². The van der Waals surface area contributed by atoms with Crippen molar-refractivity contribution in [2.24, 2.45) is 11.7 Å². The van der Waals surface area contributed by atoms with E-state index in [2.05, 4.69) is 12.2 Å². The number of amides is 1. The van der Waals surface area contributed by atoms with Crippen molar-refractivity contribution in [3.05, 3.63) is 0 Å². The molecule has 0 spiro atoms. The van der Waals surface area contributed by atoms with Crippen molar-refractivity contribution < 1.29 is 4.79 Å². The Kier molecular flexibility index (Phi) is 4.08. The highest BCUT2D eigenvalue weighted by Gasteiger charge is 2.46. The molecule has 2 aliphatic rings. The van der Waals surface area contributed by atoms with E-state index in [1.165, 1.54) is 32.1 Å². The predicted molar refractivity (Wildman–Crippen MR) is 69.6 cm³/mol. The van der Waals surface area contributed by atoms with Gasteiger partial charge < -0.3 is 11.1 Å². The first-order chi connectivity index (χ1) is 8.14. The summed E-state index contributed by atoms with van der Waals surface area (Å²) in [5.41, 5.74) is 5.39. The molecule has 0 aromatic carbocycles. The van der Waals surface area contributed by atoms with Crippen LogP contribution in [-0.2, 0) is 4.79 Å². The van der Waals surface area contributed by atoms with Gasteiger partial charge in [0.1, 0.15) is 0 Å². The molecular weight excluding hydrogens is 212 g/mol. The number of hydrogen-bond acceptors (Lipinski definition) is 2. The molecule has 0 saturated heterocycles. The third-order valence-corrected chi connectivity index (χ3v) is 4.39. The molecule has 3 nitrogen and oxygen atoms in total. The van der Waals surface area contributed by atoms with E-state index in [-0.39, 0.29) is 5.91 Å². The van der Waals surface area contributed by atoms with Crippen LogP contribution in [0.1, 0.15) is 64.7 Å². The van der Waals surface area contributed by atoms with Crippen LogP contribution >= 0.6 is 0 Å². The van der Waals surface area contributed by atoms with Gasteiger partial charge in [-0.1, -0.05) is 26.2 Å². The highest BCUT2D eigenvalue weighted by atomic mass is 16.2. The maximum atomic E-state index is 11.8. The van der Waals surface area contributed by atoms with Crippen molar-refractivity contribution >= 4 is 5.91 Å². The minimum Gasteiger partial charge on any atom is -0.352 e. The van der Waals surface area contributed by atoms with E-state index >= 15 is 0 Å². The quantitative estimate of drug-likeness (QED) is 0.772. The molecule has 0 aromatic rings. The fourth-order valence-electron chi connectivity index (χ4n) is 2.78. The maximum absolute atomic E-state index is 11.8. The molecule has 3 N–H and O–H groups in total. The minimum atomic E-state index is -0.501. The predicted octanol–water partition coefficient (Wildman–Crippen LogP) is 2.34. The van der Waals surface area contributed by atoms with E-state index in [1.807, 2.05) is 0 Å². The van der Waals surface area contributed by atoms with Crippen molar-refractivity contribution in [3.63, 3.8) is 0 Å². The smallest absolute Gasteiger partial charge is 0.240 e. The molecule has 2 aliphatic carbocycles. The van der Waals surface area contributed by atoms with E-state index in [0.29, 0.717) is 6.04 Å². The Morgan fingerprint density at radius 1 is 1.29 bits per heavy atom. The van der Waals surface area contributed by atoms with E-state index in [9.17, 15) is 4.79 Å². The Labute approximate surface area is 105 Å². The van der Waals surface area contributed by atoms with Crippen LogP contribution in [-0.4, -0.2) is 17.5 Å². The molecule has 0 atom stereocenters. The molecule has 0 heterocycles. The fourth-order valence-corrected chi connectivity index (χ4v) is 2.78. The zero-order valence-corrected chi connectivity index (χ0v) is 11.0. The third kappa shape index (κ3) is 3.44. The summed E-state index contributed by atoms with van der Waals surface area (Å²) in [6.45, 7) is 2.25. The molecule has 2 saturated carbocycles. The molecule has 0 unspecified atom stereocenters. The van der Waals surface area contributed by atoms with Gasteiger partial charge in [-0.05, 0) is 44.4 Å². The highest BCUT2D eigenvalue weighted by molar-refractivity contribution is 5.89. The van der Waals surface area contributed by atoms with Crippen LogP contribution in [0.5, 0.6) is 0 Å². The third-order valence-electron chi connectivity index (χ3n) is 4.39. The molecule has 2 rings (SSSR count). The van der Waals surface area contributed by atoms with Crippen molar-refractivity contribution in [2.45, 2.75) is 76.3 Å². The lowest BCUT2D eigenvalue weighted by Crippen LogP contribution is -2.48. The first kappa shape index (κ1) is 12.9. The summed E-state index contributed by atoms with van der Waals surface area (Å²) in [5, 5.41) is 3.13. The van der Waals surface area contributed by atoms with Crippen LogP contribution in [0.15, 0.2) is 0 Å². The number of nitrogens with one attached hydrogen (secondary N) is 1. The summed E-state index contributed by atoms with van der Waals surface area (Å²) >= 11 is 0. The summed E-state index contributed by atoms with van der Waals surface area (Å²) in [7, 11) is 0. The Bertz CT molecular complexity index is 265. The second kappa shape index (κ2) is 5.38. The van der Waals surface area contributed by atoms with E-state index < -0.39 is 5.54 Å².